The first-order chi connectivity index (χ1) is 12.9. The normalized spacial score (nSPS) is 17.1. The van der Waals surface area contributed by atoms with Gasteiger partial charge in [-0.1, -0.05) is 19.9 Å². The summed E-state index contributed by atoms with van der Waals surface area (Å²) in [6.45, 7) is 5.56. The molecule has 1 amide bonds. The number of nitrogens with one attached hydrogen (secondary N) is 1. The lowest BCUT2D eigenvalue weighted by Gasteiger charge is -2.32. The van der Waals surface area contributed by atoms with E-state index in [0.29, 0.717) is 19.4 Å². The van der Waals surface area contributed by atoms with Gasteiger partial charge in [0, 0.05) is 32.1 Å². The molecule has 0 bridgehead atoms. The average Bonchev–Trinajstić information content (AvgIpc) is 2.58. The molecule has 1 N–H and O–H groups in total. The topological polar surface area (TPSA) is 69.7 Å². The Morgan fingerprint density at radius 1 is 1.21 bits per heavy atom. The minimum absolute atomic E-state index is 0.0509. The Labute approximate surface area is 165 Å². The van der Waals surface area contributed by atoms with E-state index in [-0.39, 0.29) is 30.3 Å². The largest absolute Gasteiger partial charge is 0.355 e. The highest BCUT2D eigenvalue weighted by atomic mass is 32.2. The number of halogens is 2. The Bertz CT molecular complexity index is 784. The van der Waals surface area contributed by atoms with Gasteiger partial charge in [-0.2, -0.15) is 4.31 Å². The van der Waals surface area contributed by atoms with Gasteiger partial charge >= 0.3 is 0 Å². The van der Waals surface area contributed by atoms with Crippen LogP contribution in [0.5, 0.6) is 0 Å². The van der Waals surface area contributed by atoms with Crippen LogP contribution in [-0.4, -0.2) is 63.8 Å². The first kappa shape index (κ1) is 22.7. The smallest absolute Gasteiger partial charge is 0.248 e. The van der Waals surface area contributed by atoms with Gasteiger partial charge in [0.2, 0.25) is 15.9 Å². The second-order valence-corrected chi connectivity index (χ2v) is 10.2. The molecule has 1 aliphatic heterocycles. The molecule has 1 fully saturated rings. The molecule has 0 aromatic heterocycles. The van der Waals surface area contributed by atoms with E-state index < -0.39 is 26.6 Å². The average molecular weight is 418 g/mol. The van der Waals surface area contributed by atoms with Crippen molar-refractivity contribution in [2.45, 2.75) is 31.6 Å². The Kier molecular flexibility index (Phi) is 7.17. The van der Waals surface area contributed by atoms with E-state index >= 15 is 0 Å². The number of rotatable bonds is 7. The van der Waals surface area contributed by atoms with Gasteiger partial charge in [0.15, 0.2) is 4.90 Å². The minimum atomic E-state index is -4.28. The number of benzene rings is 1. The molecule has 0 aliphatic carbocycles. The molecule has 1 saturated heterocycles. The van der Waals surface area contributed by atoms with Crippen molar-refractivity contribution in [2.24, 2.45) is 11.3 Å². The number of nitrogens with zero attached hydrogens (tertiary/aromatic N) is 2. The van der Waals surface area contributed by atoms with Crippen molar-refractivity contribution in [3.63, 3.8) is 0 Å². The predicted octanol–water partition coefficient (Wildman–Crippen LogP) is 2.07. The molecule has 0 atom stereocenters. The van der Waals surface area contributed by atoms with Crippen molar-refractivity contribution in [1.29, 1.82) is 0 Å². The molecule has 1 aromatic carbocycles. The lowest BCUT2D eigenvalue weighted by atomic mass is 9.91. The van der Waals surface area contributed by atoms with Crippen LogP contribution in [0.3, 0.4) is 0 Å². The SMILES string of the molecule is CN(C)CC(C)(C)CNC(=O)C1CCN(S(=O)(=O)c2c(F)cccc2F)CC1. The lowest BCUT2D eigenvalue weighted by molar-refractivity contribution is -0.126. The first-order valence-electron chi connectivity index (χ1n) is 9.31. The Morgan fingerprint density at radius 2 is 1.75 bits per heavy atom. The fourth-order valence-corrected chi connectivity index (χ4v) is 5.18. The fourth-order valence-electron chi connectivity index (χ4n) is 3.60. The van der Waals surface area contributed by atoms with Crippen molar-refractivity contribution in [3.8, 4) is 0 Å². The maximum atomic E-state index is 13.9. The molecule has 2 rings (SSSR count). The molecule has 6 nitrogen and oxygen atoms in total. The molecule has 0 spiro atoms. The summed E-state index contributed by atoms with van der Waals surface area (Å²) in [5, 5.41) is 2.95. The summed E-state index contributed by atoms with van der Waals surface area (Å²) < 4.78 is 54.1. The third kappa shape index (κ3) is 5.48. The minimum Gasteiger partial charge on any atom is -0.355 e. The standard InChI is InChI=1S/C19H29F2N3O3S/c1-19(2,13-23(3)4)12-22-18(25)14-8-10-24(11-9-14)28(26,27)17-15(20)6-5-7-16(17)21/h5-7,14H,8-13H2,1-4H3,(H,22,25). The quantitative estimate of drug-likeness (QED) is 0.738. The number of carbonyl (C=O) groups excluding carboxylic acids is 1. The summed E-state index contributed by atoms with van der Waals surface area (Å²) in [7, 11) is -0.335. The van der Waals surface area contributed by atoms with Crippen molar-refractivity contribution in [2.75, 3.05) is 40.3 Å². The van der Waals surface area contributed by atoms with Crippen LogP contribution in [-0.2, 0) is 14.8 Å². The van der Waals surface area contributed by atoms with Crippen LogP contribution in [0.15, 0.2) is 23.1 Å². The molecular weight excluding hydrogens is 388 g/mol. The third-order valence-corrected chi connectivity index (χ3v) is 6.78. The highest BCUT2D eigenvalue weighted by molar-refractivity contribution is 7.89. The highest BCUT2D eigenvalue weighted by Gasteiger charge is 2.35. The molecule has 158 valence electrons. The van der Waals surface area contributed by atoms with Crippen LogP contribution >= 0.6 is 0 Å². The van der Waals surface area contributed by atoms with E-state index in [4.69, 9.17) is 0 Å². The van der Waals surface area contributed by atoms with Crippen molar-refractivity contribution < 1.29 is 22.0 Å². The van der Waals surface area contributed by atoms with Gasteiger partial charge in [0.25, 0.3) is 0 Å². The van der Waals surface area contributed by atoms with Gasteiger partial charge in [-0.25, -0.2) is 17.2 Å². The zero-order valence-corrected chi connectivity index (χ0v) is 17.7. The number of piperidine rings is 1. The second kappa shape index (κ2) is 8.84. The number of sulfonamides is 1. The molecule has 1 heterocycles. The van der Waals surface area contributed by atoms with Crippen LogP contribution in [0.2, 0.25) is 0 Å². The first-order valence-corrected chi connectivity index (χ1v) is 10.7. The fraction of sp³-hybridized carbons (Fsp3) is 0.632. The summed E-state index contributed by atoms with van der Waals surface area (Å²) in [6, 6.07) is 2.97. The van der Waals surface area contributed by atoms with E-state index in [1.807, 2.05) is 14.1 Å². The molecular formula is C19H29F2N3O3S. The molecule has 1 aromatic rings. The summed E-state index contributed by atoms with van der Waals surface area (Å²) in [6.07, 6.45) is 0.629. The van der Waals surface area contributed by atoms with E-state index in [1.54, 1.807) is 0 Å². The zero-order chi connectivity index (χ0) is 21.1. The predicted molar refractivity (Wildman–Crippen MR) is 103 cm³/mol. The van der Waals surface area contributed by atoms with E-state index in [1.165, 1.54) is 0 Å². The van der Waals surface area contributed by atoms with Crippen LogP contribution in [0.1, 0.15) is 26.7 Å². The molecule has 28 heavy (non-hydrogen) atoms. The molecule has 0 unspecified atom stereocenters. The van der Waals surface area contributed by atoms with E-state index in [0.717, 1.165) is 29.0 Å². The van der Waals surface area contributed by atoms with Gasteiger partial charge in [0.05, 0.1) is 0 Å². The zero-order valence-electron chi connectivity index (χ0n) is 16.8. The highest BCUT2D eigenvalue weighted by Crippen LogP contribution is 2.27. The van der Waals surface area contributed by atoms with Gasteiger partial charge < -0.3 is 10.2 Å². The van der Waals surface area contributed by atoms with Crippen molar-refractivity contribution in [3.05, 3.63) is 29.8 Å². The van der Waals surface area contributed by atoms with Crippen molar-refractivity contribution in [1.82, 2.24) is 14.5 Å². The van der Waals surface area contributed by atoms with Crippen LogP contribution < -0.4 is 5.32 Å². The molecule has 9 heteroatoms. The molecule has 0 saturated carbocycles. The van der Waals surface area contributed by atoms with Crippen LogP contribution in [0.4, 0.5) is 8.78 Å². The monoisotopic (exact) mass is 417 g/mol. The summed E-state index contributed by atoms with van der Waals surface area (Å²) >= 11 is 0. The van der Waals surface area contributed by atoms with Gasteiger partial charge in [-0.05, 0) is 44.5 Å². The van der Waals surface area contributed by atoms with Crippen molar-refractivity contribution >= 4 is 15.9 Å². The summed E-state index contributed by atoms with van der Waals surface area (Å²) in [4.78, 5) is 13.6. The van der Waals surface area contributed by atoms with Crippen LogP contribution in [0.25, 0.3) is 0 Å². The maximum Gasteiger partial charge on any atom is 0.248 e. The Hall–Kier alpha value is -1.58. The summed E-state index contributed by atoms with van der Waals surface area (Å²) in [5.41, 5.74) is -0.0917. The van der Waals surface area contributed by atoms with Gasteiger partial charge in [0.1, 0.15) is 11.6 Å². The third-order valence-electron chi connectivity index (χ3n) is 4.83. The van der Waals surface area contributed by atoms with E-state index in [9.17, 15) is 22.0 Å². The molecule has 1 aliphatic rings. The number of hydrogen-bond acceptors (Lipinski definition) is 4. The number of hydrogen-bond donors (Lipinski definition) is 1. The molecule has 0 radical (unpaired) electrons. The Balaban J connectivity index is 1.96. The summed E-state index contributed by atoms with van der Waals surface area (Å²) in [5.74, 6) is -2.64. The lowest BCUT2D eigenvalue weighted by Crippen LogP contribution is -2.46. The van der Waals surface area contributed by atoms with E-state index in [2.05, 4.69) is 24.1 Å². The van der Waals surface area contributed by atoms with Crippen LogP contribution in [0, 0.1) is 23.0 Å². The number of amides is 1. The number of carbonyl (C=O) groups is 1. The van der Waals surface area contributed by atoms with Gasteiger partial charge in [-0.3, -0.25) is 4.79 Å². The Morgan fingerprint density at radius 3 is 2.25 bits per heavy atom. The maximum absolute atomic E-state index is 13.9. The second-order valence-electron chi connectivity index (χ2n) is 8.35. The van der Waals surface area contributed by atoms with Gasteiger partial charge in [-0.15, -0.1) is 0 Å².